The number of carbonyl (C=O) groups is 1. The molecule has 0 aliphatic heterocycles. The molecule has 0 aliphatic rings. The number of amides is 1. The maximum Gasteiger partial charge on any atom is 0.268 e. The van der Waals surface area contributed by atoms with Crippen molar-refractivity contribution in [2.45, 2.75) is 19.9 Å². The van der Waals surface area contributed by atoms with Crippen LogP contribution in [0.2, 0.25) is 0 Å². The van der Waals surface area contributed by atoms with E-state index >= 15 is 0 Å². The molecule has 5 nitrogen and oxygen atoms in total. The number of hydrogen-bond donors (Lipinski definition) is 2. The maximum absolute atomic E-state index is 11.9. The molecular weight excluding hydrogens is 250 g/mol. The fraction of sp³-hybridized carbons (Fsp3) is 0.250. The fourth-order valence-corrected chi connectivity index (χ4v) is 2.29. The third kappa shape index (κ3) is 2.84. The molecule has 0 bridgehead atoms. The van der Waals surface area contributed by atoms with E-state index in [0.717, 1.165) is 10.7 Å². The molecule has 0 aromatic carbocycles. The molecule has 0 radical (unpaired) electrons. The highest BCUT2D eigenvalue weighted by atomic mass is 32.1. The lowest BCUT2D eigenvalue weighted by Crippen LogP contribution is -2.28. The summed E-state index contributed by atoms with van der Waals surface area (Å²) in [5.41, 5.74) is 0.896. The lowest BCUT2D eigenvalue weighted by Gasteiger charge is -2.10. The highest BCUT2D eigenvalue weighted by Crippen LogP contribution is 2.17. The van der Waals surface area contributed by atoms with Gasteiger partial charge >= 0.3 is 0 Å². The summed E-state index contributed by atoms with van der Waals surface area (Å²) >= 11 is 1.50. The molecule has 1 unspecified atom stereocenters. The number of thiazole rings is 1. The molecule has 94 valence electrons. The number of aromatic amines is 1. The second-order valence-corrected chi connectivity index (χ2v) is 4.84. The monoisotopic (exact) mass is 263 g/mol. The van der Waals surface area contributed by atoms with Crippen molar-refractivity contribution < 1.29 is 4.79 Å². The number of H-pyrrole nitrogens is 1. The van der Waals surface area contributed by atoms with Crippen LogP contribution in [0.25, 0.3) is 0 Å². The van der Waals surface area contributed by atoms with Gasteiger partial charge in [0.2, 0.25) is 5.56 Å². The first-order valence-electron chi connectivity index (χ1n) is 5.48. The predicted octanol–water partition coefficient (Wildman–Crippen LogP) is 1.63. The number of nitrogens with zero attached hydrogens (tertiary/aromatic N) is 1. The van der Waals surface area contributed by atoms with Crippen LogP contribution in [0.1, 0.15) is 34.2 Å². The normalized spacial score (nSPS) is 12.1. The lowest BCUT2D eigenvalue weighted by atomic mass is 10.3. The van der Waals surface area contributed by atoms with Gasteiger partial charge in [-0.25, -0.2) is 4.98 Å². The van der Waals surface area contributed by atoms with E-state index in [1.54, 1.807) is 12.1 Å². The summed E-state index contributed by atoms with van der Waals surface area (Å²) in [5.74, 6) is -0.312. The van der Waals surface area contributed by atoms with Crippen molar-refractivity contribution in [3.05, 3.63) is 50.3 Å². The molecule has 2 N–H and O–H groups in total. The summed E-state index contributed by atoms with van der Waals surface area (Å²) < 4.78 is 0. The third-order valence-electron chi connectivity index (χ3n) is 2.37. The van der Waals surface area contributed by atoms with Gasteiger partial charge in [-0.05, 0) is 19.9 Å². The minimum atomic E-state index is -0.312. The van der Waals surface area contributed by atoms with Crippen molar-refractivity contribution in [2.24, 2.45) is 0 Å². The van der Waals surface area contributed by atoms with Crippen molar-refractivity contribution in [3.63, 3.8) is 0 Å². The Balaban J connectivity index is 2.10. The second-order valence-electron chi connectivity index (χ2n) is 3.95. The number of rotatable bonds is 3. The van der Waals surface area contributed by atoms with Crippen molar-refractivity contribution in [1.29, 1.82) is 0 Å². The molecule has 0 fully saturated rings. The molecule has 0 saturated heterocycles. The van der Waals surface area contributed by atoms with E-state index in [9.17, 15) is 9.59 Å². The average Bonchev–Trinajstić information content (AvgIpc) is 2.76. The van der Waals surface area contributed by atoms with E-state index in [1.165, 1.54) is 17.4 Å². The van der Waals surface area contributed by atoms with E-state index < -0.39 is 0 Å². The standard InChI is InChI=1S/C12H13N3O2S/c1-7-6-18-12(13-7)8(2)14-11(17)9-4-3-5-10(16)15-9/h3-6,8H,1-2H3,(H,14,17)(H,15,16). The molecule has 2 rings (SSSR count). The van der Waals surface area contributed by atoms with Crippen LogP contribution < -0.4 is 10.9 Å². The van der Waals surface area contributed by atoms with Crippen LogP contribution in [0.4, 0.5) is 0 Å². The van der Waals surface area contributed by atoms with Crippen LogP contribution in [0.15, 0.2) is 28.4 Å². The minimum Gasteiger partial charge on any atom is -0.342 e. The van der Waals surface area contributed by atoms with E-state index in [2.05, 4.69) is 15.3 Å². The first-order valence-corrected chi connectivity index (χ1v) is 6.36. The Kier molecular flexibility index (Phi) is 3.57. The van der Waals surface area contributed by atoms with Gasteiger partial charge in [-0.1, -0.05) is 6.07 Å². The van der Waals surface area contributed by atoms with Gasteiger partial charge in [0, 0.05) is 17.1 Å². The van der Waals surface area contributed by atoms with Crippen LogP contribution in [-0.2, 0) is 0 Å². The topological polar surface area (TPSA) is 74.8 Å². The zero-order valence-corrected chi connectivity index (χ0v) is 10.9. The highest BCUT2D eigenvalue weighted by molar-refractivity contribution is 7.09. The van der Waals surface area contributed by atoms with E-state index in [4.69, 9.17) is 0 Å². The van der Waals surface area contributed by atoms with E-state index in [1.807, 2.05) is 19.2 Å². The van der Waals surface area contributed by atoms with E-state index in [-0.39, 0.29) is 23.2 Å². The van der Waals surface area contributed by atoms with Gasteiger partial charge in [-0.15, -0.1) is 11.3 Å². The first-order chi connectivity index (χ1) is 8.56. The van der Waals surface area contributed by atoms with Gasteiger partial charge in [0.15, 0.2) is 0 Å². The Bertz CT molecular complexity index is 618. The lowest BCUT2D eigenvalue weighted by molar-refractivity contribution is 0.0934. The maximum atomic E-state index is 11.9. The van der Waals surface area contributed by atoms with Crippen LogP contribution >= 0.6 is 11.3 Å². The van der Waals surface area contributed by atoms with Gasteiger partial charge in [0.1, 0.15) is 10.7 Å². The van der Waals surface area contributed by atoms with Crippen LogP contribution in [0.3, 0.4) is 0 Å². The number of aryl methyl sites for hydroxylation is 1. The Morgan fingerprint density at radius 1 is 1.50 bits per heavy atom. The summed E-state index contributed by atoms with van der Waals surface area (Å²) in [5, 5.41) is 5.57. The smallest absolute Gasteiger partial charge is 0.268 e. The fourth-order valence-electron chi connectivity index (χ4n) is 1.49. The first kappa shape index (κ1) is 12.5. The molecule has 2 aromatic rings. The van der Waals surface area contributed by atoms with Crippen LogP contribution in [0.5, 0.6) is 0 Å². The largest absolute Gasteiger partial charge is 0.342 e. The third-order valence-corrected chi connectivity index (χ3v) is 3.51. The molecule has 6 heteroatoms. The predicted molar refractivity (Wildman–Crippen MR) is 69.8 cm³/mol. The van der Waals surface area contributed by atoms with Gasteiger partial charge in [0.25, 0.3) is 5.91 Å². The average molecular weight is 263 g/mol. The van der Waals surface area contributed by atoms with Crippen LogP contribution in [0, 0.1) is 6.92 Å². The molecule has 1 atom stereocenters. The van der Waals surface area contributed by atoms with Gasteiger partial charge in [-0.3, -0.25) is 9.59 Å². The zero-order chi connectivity index (χ0) is 13.1. The zero-order valence-electron chi connectivity index (χ0n) is 10.1. The number of carbonyl (C=O) groups excluding carboxylic acids is 1. The van der Waals surface area contributed by atoms with E-state index in [0.29, 0.717) is 0 Å². The summed E-state index contributed by atoms with van der Waals surface area (Å²) in [6.45, 7) is 3.76. The number of aromatic nitrogens is 2. The number of nitrogens with one attached hydrogen (secondary N) is 2. The molecule has 2 heterocycles. The Hall–Kier alpha value is -1.95. The van der Waals surface area contributed by atoms with Gasteiger partial charge in [-0.2, -0.15) is 0 Å². The molecule has 1 amide bonds. The summed E-state index contributed by atoms with van der Waals surface area (Å²) in [7, 11) is 0. The summed E-state index contributed by atoms with van der Waals surface area (Å²) in [6, 6.07) is 4.30. The van der Waals surface area contributed by atoms with Crippen molar-refractivity contribution in [1.82, 2.24) is 15.3 Å². The molecule has 2 aromatic heterocycles. The van der Waals surface area contributed by atoms with Crippen molar-refractivity contribution in [3.8, 4) is 0 Å². The Morgan fingerprint density at radius 3 is 2.89 bits per heavy atom. The molecule has 0 saturated carbocycles. The molecule has 0 spiro atoms. The SMILES string of the molecule is Cc1csc(C(C)NC(=O)c2cccc(=O)[nH]2)n1. The summed E-state index contributed by atoms with van der Waals surface area (Å²) in [4.78, 5) is 29.8. The molecule has 0 aliphatic carbocycles. The van der Waals surface area contributed by atoms with Crippen molar-refractivity contribution in [2.75, 3.05) is 0 Å². The Morgan fingerprint density at radius 2 is 2.28 bits per heavy atom. The highest BCUT2D eigenvalue weighted by Gasteiger charge is 2.14. The quantitative estimate of drug-likeness (QED) is 0.883. The minimum absolute atomic E-state index is 0.181. The Labute approximate surface area is 108 Å². The molecular formula is C12H13N3O2S. The van der Waals surface area contributed by atoms with Crippen LogP contribution in [-0.4, -0.2) is 15.9 Å². The molecule has 18 heavy (non-hydrogen) atoms. The summed E-state index contributed by atoms with van der Waals surface area (Å²) in [6.07, 6.45) is 0. The van der Waals surface area contributed by atoms with Gasteiger partial charge < -0.3 is 10.3 Å². The van der Waals surface area contributed by atoms with Gasteiger partial charge in [0.05, 0.1) is 6.04 Å². The number of pyridine rings is 1. The van der Waals surface area contributed by atoms with Crippen molar-refractivity contribution >= 4 is 17.2 Å². The second kappa shape index (κ2) is 5.14. The number of hydrogen-bond acceptors (Lipinski definition) is 4.